The average Bonchev–Trinajstić information content (AvgIpc) is 3.15. The normalized spacial score (nSPS) is 21.7. The SMILES string of the molecule is COC1(COc2ccc(F)cc2)CCN(Cc2cncn2C)C1. The van der Waals surface area contributed by atoms with Gasteiger partial charge in [-0.2, -0.15) is 0 Å². The minimum atomic E-state index is -0.326. The molecular weight excluding hydrogens is 297 g/mol. The molecule has 0 bridgehead atoms. The second-order valence-electron chi connectivity index (χ2n) is 6.09. The van der Waals surface area contributed by atoms with Gasteiger partial charge in [-0.15, -0.1) is 0 Å². The summed E-state index contributed by atoms with van der Waals surface area (Å²) in [4.78, 5) is 6.49. The highest BCUT2D eigenvalue weighted by atomic mass is 19.1. The summed E-state index contributed by atoms with van der Waals surface area (Å²) in [7, 11) is 3.72. The van der Waals surface area contributed by atoms with Gasteiger partial charge in [-0.3, -0.25) is 4.90 Å². The average molecular weight is 319 g/mol. The van der Waals surface area contributed by atoms with Gasteiger partial charge >= 0.3 is 0 Å². The molecule has 2 heterocycles. The van der Waals surface area contributed by atoms with Crippen LogP contribution >= 0.6 is 0 Å². The summed E-state index contributed by atoms with van der Waals surface area (Å²) in [6.45, 7) is 3.05. The number of aromatic nitrogens is 2. The molecule has 3 rings (SSSR count). The molecule has 0 amide bonds. The second-order valence-corrected chi connectivity index (χ2v) is 6.09. The quantitative estimate of drug-likeness (QED) is 0.818. The summed E-state index contributed by atoms with van der Waals surface area (Å²) < 4.78 is 26.5. The largest absolute Gasteiger partial charge is 0.491 e. The standard InChI is InChI=1S/C17H22FN3O2/c1-20-13-19-9-15(20)10-21-8-7-17(11-21,22-2)12-23-16-5-3-14(18)4-6-16/h3-6,9,13H,7-8,10-12H2,1-2H3. The topological polar surface area (TPSA) is 39.5 Å². The van der Waals surface area contributed by atoms with Crippen LogP contribution in [0, 0.1) is 5.82 Å². The zero-order chi connectivity index (χ0) is 16.3. The molecule has 23 heavy (non-hydrogen) atoms. The van der Waals surface area contributed by atoms with Crippen LogP contribution in [0.15, 0.2) is 36.8 Å². The maximum atomic E-state index is 12.9. The molecule has 1 aliphatic rings. The van der Waals surface area contributed by atoms with E-state index in [1.807, 2.05) is 24.1 Å². The van der Waals surface area contributed by atoms with Gasteiger partial charge in [0.25, 0.3) is 0 Å². The highest BCUT2D eigenvalue weighted by Gasteiger charge is 2.39. The summed E-state index contributed by atoms with van der Waals surface area (Å²) in [6, 6.07) is 6.08. The van der Waals surface area contributed by atoms with E-state index in [4.69, 9.17) is 9.47 Å². The summed E-state index contributed by atoms with van der Waals surface area (Å²) in [5.74, 6) is 0.398. The Balaban J connectivity index is 1.58. The van der Waals surface area contributed by atoms with Crippen molar-refractivity contribution in [1.29, 1.82) is 0 Å². The van der Waals surface area contributed by atoms with E-state index in [2.05, 4.69) is 9.88 Å². The molecule has 6 heteroatoms. The maximum Gasteiger partial charge on any atom is 0.123 e. The van der Waals surface area contributed by atoms with Crippen LogP contribution in [-0.4, -0.2) is 46.9 Å². The molecule has 2 aromatic rings. The van der Waals surface area contributed by atoms with Crippen LogP contribution < -0.4 is 4.74 Å². The lowest BCUT2D eigenvalue weighted by molar-refractivity contribution is -0.0360. The minimum absolute atomic E-state index is 0.262. The number of ether oxygens (including phenoxy) is 2. The second kappa shape index (κ2) is 6.68. The number of hydrogen-bond acceptors (Lipinski definition) is 4. The predicted molar refractivity (Wildman–Crippen MR) is 84.7 cm³/mol. The Labute approximate surface area is 135 Å². The fourth-order valence-corrected chi connectivity index (χ4v) is 2.92. The molecular formula is C17H22FN3O2. The highest BCUT2D eigenvalue weighted by Crippen LogP contribution is 2.27. The molecule has 0 N–H and O–H groups in total. The number of halogens is 1. The fraction of sp³-hybridized carbons (Fsp3) is 0.471. The fourth-order valence-electron chi connectivity index (χ4n) is 2.92. The minimum Gasteiger partial charge on any atom is -0.491 e. The van der Waals surface area contributed by atoms with Crippen molar-refractivity contribution in [2.45, 2.75) is 18.6 Å². The highest BCUT2D eigenvalue weighted by molar-refractivity contribution is 5.22. The Morgan fingerprint density at radius 1 is 1.30 bits per heavy atom. The molecule has 1 aromatic carbocycles. The van der Waals surface area contributed by atoms with Crippen LogP contribution in [0.3, 0.4) is 0 Å². The van der Waals surface area contributed by atoms with Gasteiger partial charge in [-0.05, 0) is 30.7 Å². The monoisotopic (exact) mass is 319 g/mol. The van der Waals surface area contributed by atoms with Gasteiger partial charge in [0.15, 0.2) is 0 Å². The van der Waals surface area contributed by atoms with Crippen molar-refractivity contribution < 1.29 is 13.9 Å². The van der Waals surface area contributed by atoms with Crippen molar-refractivity contribution in [3.05, 3.63) is 48.3 Å². The first-order chi connectivity index (χ1) is 11.1. The van der Waals surface area contributed by atoms with E-state index in [1.54, 1.807) is 19.2 Å². The Morgan fingerprint density at radius 3 is 2.74 bits per heavy atom. The Bertz CT molecular complexity index is 644. The number of hydrogen-bond donors (Lipinski definition) is 0. The van der Waals surface area contributed by atoms with E-state index >= 15 is 0 Å². The Hall–Kier alpha value is -1.92. The van der Waals surface area contributed by atoms with Crippen molar-refractivity contribution in [3.63, 3.8) is 0 Å². The van der Waals surface area contributed by atoms with Crippen molar-refractivity contribution >= 4 is 0 Å². The molecule has 1 fully saturated rings. The third kappa shape index (κ3) is 3.71. The first-order valence-corrected chi connectivity index (χ1v) is 7.71. The van der Waals surface area contributed by atoms with E-state index in [-0.39, 0.29) is 11.4 Å². The van der Waals surface area contributed by atoms with Crippen LogP contribution in [0.25, 0.3) is 0 Å². The molecule has 1 aliphatic heterocycles. The van der Waals surface area contributed by atoms with Gasteiger partial charge in [0.2, 0.25) is 0 Å². The molecule has 1 unspecified atom stereocenters. The van der Waals surface area contributed by atoms with E-state index in [1.165, 1.54) is 17.8 Å². The lowest BCUT2D eigenvalue weighted by Crippen LogP contribution is -2.41. The predicted octanol–water partition coefficient (Wildman–Crippen LogP) is 2.23. The summed E-state index contributed by atoms with van der Waals surface area (Å²) >= 11 is 0. The van der Waals surface area contributed by atoms with Crippen LogP contribution in [-0.2, 0) is 18.3 Å². The summed E-state index contributed by atoms with van der Waals surface area (Å²) in [5, 5.41) is 0. The van der Waals surface area contributed by atoms with Gasteiger partial charge < -0.3 is 14.0 Å². The van der Waals surface area contributed by atoms with Crippen molar-refractivity contribution in [3.8, 4) is 5.75 Å². The van der Waals surface area contributed by atoms with Gasteiger partial charge in [-0.1, -0.05) is 0 Å². The number of rotatable bonds is 6. The summed E-state index contributed by atoms with van der Waals surface area (Å²) in [6.07, 6.45) is 4.61. The Kier molecular flexibility index (Phi) is 4.63. The van der Waals surface area contributed by atoms with E-state index < -0.39 is 0 Å². The molecule has 124 valence electrons. The van der Waals surface area contributed by atoms with Crippen LogP contribution in [0.2, 0.25) is 0 Å². The van der Waals surface area contributed by atoms with Gasteiger partial charge in [0, 0.05) is 40.0 Å². The van der Waals surface area contributed by atoms with Gasteiger partial charge in [0.05, 0.1) is 12.0 Å². The molecule has 1 aromatic heterocycles. The zero-order valence-electron chi connectivity index (χ0n) is 13.5. The molecule has 0 saturated carbocycles. The van der Waals surface area contributed by atoms with E-state index in [0.717, 1.165) is 26.1 Å². The van der Waals surface area contributed by atoms with Crippen LogP contribution in [0.4, 0.5) is 4.39 Å². The smallest absolute Gasteiger partial charge is 0.123 e. The van der Waals surface area contributed by atoms with Crippen molar-refractivity contribution in [2.75, 3.05) is 26.8 Å². The van der Waals surface area contributed by atoms with Gasteiger partial charge in [0.1, 0.15) is 23.8 Å². The number of nitrogens with zero attached hydrogens (tertiary/aromatic N) is 3. The zero-order valence-corrected chi connectivity index (χ0v) is 13.5. The van der Waals surface area contributed by atoms with E-state index in [9.17, 15) is 4.39 Å². The number of benzene rings is 1. The molecule has 5 nitrogen and oxygen atoms in total. The number of methoxy groups -OCH3 is 1. The van der Waals surface area contributed by atoms with Crippen LogP contribution in [0.1, 0.15) is 12.1 Å². The number of likely N-dealkylation sites (tertiary alicyclic amines) is 1. The molecule has 0 radical (unpaired) electrons. The van der Waals surface area contributed by atoms with Gasteiger partial charge in [-0.25, -0.2) is 9.37 Å². The van der Waals surface area contributed by atoms with Crippen LogP contribution in [0.5, 0.6) is 5.75 Å². The van der Waals surface area contributed by atoms with Crippen molar-refractivity contribution in [2.24, 2.45) is 7.05 Å². The third-order valence-electron chi connectivity index (χ3n) is 4.45. The summed E-state index contributed by atoms with van der Waals surface area (Å²) in [5.41, 5.74) is 0.851. The number of aryl methyl sites for hydroxylation is 1. The Morgan fingerprint density at radius 2 is 2.09 bits per heavy atom. The molecule has 0 aliphatic carbocycles. The van der Waals surface area contributed by atoms with E-state index in [0.29, 0.717) is 12.4 Å². The number of imidazole rings is 1. The molecule has 0 spiro atoms. The maximum absolute atomic E-state index is 12.9. The van der Waals surface area contributed by atoms with Crippen molar-refractivity contribution in [1.82, 2.24) is 14.5 Å². The molecule has 1 atom stereocenters. The lowest BCUT2D eigenvalue weighted by Gasteiger charge is -2.28. The first kappa shape index (κ1) is 16.0. The first-order valence-electron chi connectivity index (χ1n) is 7.71. The molecule has 1 saturated heterocycles. The lowest BCUT2D eigenvalue weighted by atomic mass is 10.0. The third-order valence-corrected chi connectivity index (χ3v) is 4.45.